The topological polar surface area (TPSA) is 19.6 Å². The summed E-state index contributed by atoms with van der Waals surface area (Å²) in [7, 11) is -0.701. The molecule has 0 aromatic carbocycles. The summed E-state index contributed by atoms with van der Waals surface area (Å²) in [4.78, 5) is 0. The molecule has 0 spiro atoms. The van der Waals surface area contributed by atoms with Gasteiger partial charge in [0.1, 0.15) is 6.72 Å². The zero-order valence-electron chi connectivity index (χ0n) is 4.27. The Morgan fingerprint density at radius 3 is 2.11 bits per heavy atom. The molecule has 0 fully saturated rings. The summed E-state index contributed by atoms with van der Waals surface area (Å²) >= 11 is 18.7. The molecule has 0 rings (SSSR count). The fourth-order valence-electron chi connectivity index (χ4n) is 0.181. The Morgan fingerprint density at radius 2 is 2.11 bits per heavy atom. The lowest BCUT2D eigenvalue weighted by Gasteiger charge is -2.01. The van der Waals surface area contributed by atoms with Gasteiger partial charge in [-0.15, -0.1) is 0 Å². The summed E-state index contributed by atoms with van der Waals surface area (Å²) in [5.41, 5.74) is 0. The first kappa shape index (κ1) is 9.73. The van der Waals surface area contributed by atoms with Crippen LogP contribution in [0.15, 0.2) is 0 Å². The number of quaternary nitrogens is 1. The van der Waals surface area contributed by atoms with E-state index in [9.17, 15) is 0 Å². The number of hydrogen-bond acceptors (Lipinski definition) is 4. The van der Waals surface area contributed by atoms with Crippen molar-refractivity contribution in [2.45, 2.75) is 0 Å². The van der Waals surface area contributed by atoms with E-state index in [1.54, 1.807) is 0 Å². The zero-order chi connectivity index (χ0) is 7.44. The Hall–Kier alpha value is 0.730. The van der Waals surface area contributed by atoms with Crippen LogP contribution in [0.2, 0.25) is 0 Å². The molecule has 0 aliphatic heterocycles. The number of nitrogens with zero attached hydrogens (tertiary/aromatic N) is 1. The minimum absolute atomic E-state index is 0.574. The number of nitrogens with two attached hydrogens (primary N) is 1. The molecule has 7 heteroatoms. The van der Waals surface area contributed by atoms with Gasteiger partial charge in [-0.2, -0.15) is 0 Å². The van der Waals surface area contributed by atoms with Gasteiger partial charge in [-0.25, -0.2) is 3.98 Å². The first-order chi connectivity index (χ1) is 4.09. The molecule has 0 atom stereocenters. The molecule has 0 saturated carbocycles. The van der Waals surface area contributed by atoms with Crippen LogP contribution < -0.4 is 4.72 Å². The van der Waals surface area contributed by atoms with Crippen LogP contribution in [-0.2, 0) is 55.6 Å². The highest BCUT2D eigenvalue weighted by Crippen LogP contribution is 1.58. The molecule has 0 unspecified atom stereocenters. The predicted molar refractivity (Wildman–Crippen MR) is 51.1 cm³/mol. The van der Waals surface area contributed by atoms with E-state index >= 15 is 0 Å². The summed E-state index contributed by atoms with van der Waals surface area (Å²) in [6.07, 6.45) is 0. The van der Waals surface area contributed by atoms with Crippen LogP contribution in [0.1, 0.15) is 0 Å². The first-order valence-corrected chi connectivity index (χ1v) is 5.70. The Morgan fingerprint density at radius 1 is 1.67 bits per heavy atom. The number of rotatable bonds is 0. The largest absolute Gasteiger partial charge is 0.485 e. The average molecular weight is 216 g/mol. The van der Waals surface area contributed by atoms with Gasteiger partial charge in [-0.1, -0.05) is 0 Å². The van der Waals surface area contributed by atoms with E-state index in [4.69, 9.17) is 22.4 Å². The Labute approximate surface area is 75.9 Å². The maximum absolute atomic E-state index is 4.73. The minimum Gasteiger partial charge on any atom is -0.485 e. The van der Waals surface area contributed by atoms with E-state index in [0.29, 0.717) is 5.11 Å². The molecule has 0 aromatic heterocycles. The predicted octanol–water partition coefficient (Wildman–Crippen LogP) is -2.18. The van der Waals surface area contributed by atoms with Gasteiger partial charge < -0.3 is 30.4 Å². The Balaban J connectivity index is 4.80. The van der Waals surface area contributed by atoms with E-state index in [1.807, 2.05) is 0 Å². The maximum atomic E-state index is 4.73. The molecule has 9 heavy (non-hydrogen) atoms. The third-order valence-corrected chi connectivity index (χ3v) is 2.91. The van der Waals surface area contributed by atoms with E-state index in [1.165, 1.54) is 8.70 Å². The van der Waals surface area contributed by atoms with Crippen LogP contribution in [0.5, 0.6) is 0 Å². The van der Waals surface area contributed by atoms with Crippen molar-refractivity contribution in [3.05, 3.63) is 0 Å². The fraction of sp³-hybridized carbons (Fsp3) is 0. The molecule has 2 N–H and O–H groups in total. The molecule has 0 radical (unpaired) electrons. The second-order valence-corrected chi connectivity index (χ2v) is 5.27. The summed E-state index contributed by atoms with van der Waals surface area (Å²) in [6, 6.07) is 0. The zero-order valence-corrected chi connectivity index (χ0v) is 8.36. The van der Waals surface area contributed by atoms with E-state index in [-0.39, 0.29) is 0 Å². The van der Waals surface area contributed by atoms with Gasteiger partial charge in [-0.3, -0.25) is 0 Å². The summed E-state index contributed by atoms with van der Waals surface area (Å²) in [5.74, 6) is 0. The number of hydrogen-bond donors (Lipinski definition) is 1. The van der Waals surface area contributed by atoms with Crippen molar-refractivity contribution in [3.63, 3.8) is 0 Å². The highest BCUT2D eigenvalue weighted by molar-refractivity contribution is 8.45. The molecule has 0 aliphatic carbocycles. The lowest BCUT2D eigenvalue weighted by Crippen LogP contribution is -2.84. The Kier molecular flexibility index (Phi) is 4.90. The van der Waals surface area contributed by atoms with Crippen LogP contribution in [0.25, 0.3) is 0 Å². The molecule has 0 aromatic rings. The van der Waals surface area contributed by atoms with Gasteiger partial charge in [0.05, 0.1) is 7.60 Å². The lowest BCUT2D eigenvalue weighted by molar-refractivity contribution is -0.433. The summed E-state index contributed by atoms with van der Waals surface area (Å²) in [5, 5.41) is 0.574. The molecule has 0 saturated heterocycles. The molecule has 52 valence electrons. The molecular formula is C2H4N2S5. The molecular weight excluding hydrogens is 212 g/mol. The molecule has 0 amide bonds. The summed E-state index contributed by atoms with van der Waals surface area (Å²) < 4.78 is 2.57. The molecule has 0 heterocycles. The van der Waals surface area contributed by atoms with Gasteiger partial charge in [0.25, 0.3) is 0 Å². The van der Waals surface area contributed by atoms with Crippen molar-refractivity contribution in [2.75, 3.05) is 0 Å². The van der Waals surface area contributed by atoms with Crippen LogP contribution in [-0.4, -0.2) is 15.8 Å². The van der Waals surface area contributed by atoms with Gasteiger partial charge >= 0.3 is 5.11 Å². The Bertz CT molecular complexity index is 228. The van der Waals surface area contributed by atoms with Crippen molar-refractivity contribution in [3.8, 4) is 0 Å². The fourth-order valence-corrected chi connectivity index (χ4v) is 2.66. The highest BCUT2D eigenvalue weighted by atomic mass is 33.1. The van der Waals surface area contributed by atoms with Crippen molar-refractivity contribution < 1.29 is 8.70 Å². The normalized spacial score (nSPS) is 8.56. The van der Waals surface area contributed by atoms with Crippen molar-refractivity contribution >= 4 is 67.4 Å². The molecule has 2 nitrogen and oxygen atoms in total. The SMILES string of the molecule is C=[N+]([S-])C([NH2+][S-])=S(=S)=S. The first-order valence-electron chi connectivity index (χ1n) is 1.78. The van der Waals surface area contributed by atoms with E-state index in [0.717, 1.165) is 0 Å². The molecule has 0 aliphatic rings. The lowest BCUT2D eigenvalue weighted by atomic mass is 11.2. The van der Waals surface area contributed by atoms with E-state index < -0.39 is 7.60 Å². The standard InChI is InChI=1S/C2H4N2S5/c1-4(6)2(3-5)9(7)8/h1,3H2. The van der Waals surface area contributed by atoms with Gasteiger partial charge in [0.2, 0.25) is 0 Å². The van der Waals surface area contributed by atoms with Crippen LogP contribution >= 0.6 is 0 Å². The highest BCUT2D eigenvalue weighted by Gasteiger charge is 1.96. The quantitative estimate of drug-likeness (QED) is 0.215. The van der Waals surface area contributed by atoms with Crippen LogP contribution in [0.3, 0.4) is 0 Å². The summed E-state index contributed by atoms with van der Waals surface area (Å²) in [6.45, 7) is 3.42. The second kappa shape index (κ2) is 4.53. The van der Waals surface area contributed by atoms with Crippen molar-refractivity contribution in [2.24, 2.45) is 0 Å². The maximum Gasteiger partial charge on any atom is 0.404 e. The van der Waals surface area contributed by atoms with Crippen LogP contribution in [0, 0.1) is 0 Å². The van der Waals surface area contributed by atoms with Crippen molar-refractivity contribution in [1.82, 2.24) is 0 Å². The van der Waals surface area contributed by atoms with E-state index in [2.05, 4.69) is 32.3 Å². The van der Waals surface area contributed by atoms with Gasteiger partial charge in [-0.05, 0) is 0 Å². The third kappa shape index (κ3) is 3.43. The third-order valence-electron chi connectivity index (χ3n) is 0.517. The monoisotopic (exact) mass is 216 g/mol. The smallest absolute Gasteiger partial charge is 0.404 e. The van der Waals surface area contributed by atoms with Gasteiger partial charge in [0.15, 0.2) is 0 Å². The second-order valence-electron chi connectivity index (χ2n) is 1.07. The van der Waals surface area contributed by atoms with Gasteiger partial charge in [0, 0.05) is 22.4 Å². The van der Waals surface area contributed by atoms with Crippen molar-refractivity contribution in [1.29, 1.82) is 0 Å². The van der Waals surface area contributed by atoms with Crippen LogP contribution in [0.4, 0.5) is 0 Å². The average Bonchev–Trinajstić information content (AvgIpc) is 1.64. The minimum atomic E-state index is -0.701. The molecule has 0 bridgehead atoms.